The van der Waals surface area contributed by atoms with Gasteiger partial charge in [-0.3, -0.25) is 0 Å². The van der Waals surface area contributed by atoms with Crippen LogP contribution in [0, 0.1) is 0 Å². The Morgan fingerprint density at radius 1 is 1.04 bits per heavy atom. The van der Waals surface area contributed by atoms with Crippen LogP contribution in [-0.4, -0.2) is 57.2 Å². The Bertz CT molecular complexity index is 873. The number of aromatic nitrogens is 4. The molecule has 4 rings (SSSR count). The molecule has 9 heteroatoms. The zero-order valence-corrected chi connectivity index (χ0v) is 13.5. The minimum absolute atomic E-state index is 0.0433. The number of hydrogen-bond donors (Lipinski definition) is 1. The summed E-state index contributed by atoms with van der Waals surface area (Å²) in [5.41, 5.74) is -0.0433. The quantitative estimate of drug-likeness (QED) is 0.765. The first-order valence-corrected chi connectivity index (χ1v) is 8.34. The van der Waals surface area contributed by atoms with Crippen LogP contribution in [0.3, 0.4) is 0 Å². The van der Waals surface area contributed by atoms with Crippen molar-refractivity contribution in [2.45, 2.75) is 0 Å². The molecule has 1 saturated heterocycles. The van der Waals surface area contributed by atoms with Crippen LogP contribution in [0.15, 0.2) is 30.2 Å². The number of carbonyl (C=O) groups is 1. The van der Waals surface area contributed by atoms with E-state index in [1.165, 1.54) is 12.4 Å². The molecule has 3 aromatic rings. The van der Waals surface area contributed by atoms with E-state index in [1.54, 1.807) is 17.7 Å². The molecule has 4 heterocycles. The molecule has 0 aliphatic carbocycles. The van der Waals surface area contributed by atoms with Crippen LogP contribution in [0.2, 0.25) is 0 Å². The van der Waals surface area contributed by atoms with Crippen LogP contribution < -0.4 is 9.80 Å². The lowest BCUT2D eigenvalue weighted by molar-refractivity contribution is 0.0690. The first-order valence-electron chi connectivity index (χ1n) is 7.46. The van der Waals surface area contributed by atoms with Crippen molar-refractivity contribution in [2.75, 3.05) is 36.0 Å². The first kappa shape index (κ1) is 14.8. The van der Waals surface area contributed by atoms with Crippen LogP contribution in [0.1, 0.15) is 10.5 Å². The number of aromatic carboxylic acids is 1. The van der Waals surface area contributed by atoms with Crippen LogP contribution in [0.5, 0.6) is 0 Å². The van der Waals surface area contributed by atoms with Crippen LogP contribution in [0.4, 0.5) is 11.6 Å². The van der Waals surface area contributed by atoms with Gasteiger partial charge in [-0.25, -0.2) is 24.7 Å². The van der Waals surface area contributed by atoms with E-state index in [2.05, 4.69) is 35.8 Å². The molecule has 1 fully saturated rings. The number of nitrogens with zero attached hydrogens (tertiary/aromatic N) is 6. The molecule has 3 aromatic heterocycles. The molecule has 0 spiro atoms. The van der Waals surface area contributed by atoms with E-state index in [4.69, 9.17) is 5.11 Å². The second kappa shape index (κ2) is 6.00. The summed E-state index contributed by atoms with van der Waals surface area (Å²) in [6.45, 7) is 3.17. The van der Waals surface area contributed by atoms with Gasteiger partial charge in [-0.2, -0.15) is 0 Å². The molecule has 0 amide bonds. The van der Waals surface area contributed by atoms with E-state index in [-0.39, 0.29) is 5.69 Å². The van der Waals surface area contributed by atoms with Crippen molar-refractivity contribution in [3.63, 3.8) is 0 Å². The van der Waals surface area contributed by atoms with E-state index in [0.29, 0.717) is 5.82 Å². The molecule has 8 nitrogen and oxygen atoms in total. The van der Waals surface area contributed by atoms with Crippen molar-refractivity contribution in [2.24, 2.45) is 0 Å². The predicted molar refractivity (Wildman–Crippen MR) is 90.8 cm³/mol. The highest BCUT2D eigenvalue weighted by atomic mass is 32.1. The summed E-state index contributed by atoms with van der Waals surface area (Å²) in [5.74, 6) is 0.596. The number of thiophene rings is 1. The standard InChI is InChI=1S/C15H14N6O2S/c22-15(23)11-7-17-12(8-16-11)20-2-4-21(5-3-20)13-10-1-6-24-14(10)19-9-18-13/h1,6-9H,2-5H2,(H,22,23). The van der Waals surface area contributed by atoms with Crippen molar-refractivity contribution in [3.8, 4) is 0 Å². The highest BCUT2D eigenvalue weighted by Crippen LogP contribution is 2.27. The maximum Gasteiger partial charge on any atom is 0.356 e. The van der Waals surface area contributed by atoms with Crippen molar-refractivity contribution in [1.82, 2.24) is 19.9 Å². The Morgan fingerprint density at radius 3 is 2.54 bits per heavy atom. The number of piperazine rings is 1. The molecule has 1 aliphatic rings. The molecule has 1 N–H and O–H groups in total. The summed E-state index contributed by atoms with van der Waals surface area (Å²) in [5, 5.41) is 12.0. The lowest BCUT2D eigenvalue weighted by Gasteiger charge is -2.36. The molecular weight excluding hydrogens is 328 g/mol. The van der Waals surface area contributed by atoms with Crippen LogP contribution in [0.25, 0.3) is 10.2 Å². The largest absolute Gasteiger partial charge is 0.476 e. The molecule has 1 aliphatic heterocycles. The predicted octanol–water partition coefficient (Wildman–Crippen LogP) is 1.51. The maximum atomic E-state index is 10.8. The second-order valence-corrected chi connectivity index (χ2v) is 6.27. The Balaban J connectivity index is 1.48. The summed E-state index contributed by atoms with van der Waals surface area (Å²) in [6.07, 6.45) is 4.42. The summed E-state index contributed by atoms with van der Waals surface area (Å²) >= 11 is 1.61. The molecule has 0 saturated carbocycles. The van der Waals surface area contributed by atoms with E-state index < -0.39 is 5.97 Å². The number of carboxylic acid groups (broad SMARTS) is 1. The normalized spacial score (nSPS) is 15.0. The maximum absolute atomic E-state index is 10.8. The smallest absolute Gasteiger partial charge is 0.356 e. The van der Waals surface area contributed by atoms with E-state index in [1.807, 2.05) is 5.38 Å². The van der Waals surface area contributed by atoms with E-state index >= 15 is 0 Å². The van der Waals surface area contributed by atoms with Gasteiger partial charge in [0.05, 0.1) is 17.8 Å². The molecule has 0 bridgehead atoms. The summed E-state index contributed by atoms with van der Waals surface area (Å²) < 4.78 is 0. The van der Waals surface area contributed by atoms with Crippen molar-refractivity contribution in [1.29, 1.82) is 0 Å². The Morgan fingerprint density at radius 2 is 1.83 bits per heavy atom. The van der Waals surface area contributed by atoms with Gasteiger partial charge in [0.15, 0.2) is 5.69 Å². The van der Waals surface area contributed by atoms with Gasteiger partial charge in [-0.15, -0.1) is 11.3 Å². The van der Waals surface area contributed by atoms with Crippen LogP contribution in [-0.2, 0) is 0 Å². The van der Waals surface area contributed by atoms with Crippen LogP contribution >= 0.6 is 11.3 Å². The lowest BCUT2D eigenvalue weighted by atomic mass is 10.2. The highest BCUT2D eigenvalue weighted by molar-refractivity contribution is 7.16. The van der Waals surface area contributed by atoms with Gasteiger partial charge >= 0.3 is 5.97 Å². The fraction of sp³-hybridized carbons (Fsp3) is 0.267. The fourth-order valence-electron chi connectivity index (χ4n) is 2.77. The highest BCUT2D eigenvalue weighted by Gasteiger charge is 2.21. The zero-order chi connectivity index (χ0) is 16.5. The summed E-state index contributed by atoms with van der Waals surface area (Å²) in [7, 11) is 0. The minimum atomic E-state index is -1.07. The number of anilines is 2. The molecule has 0 aromatic carbocycles. The zero-order valence-electron chi connectivity index (χ0n) is 12.7. The number of fused-ring (bicyclic) bond motifs is 1. The lowest BCUT2D eigenvalue weighted by Crippen LogP contribution is -2.47. The second-order valence-electron chi connectivity index (χ2n) is 5.38. The van der Waals surface area contributed by atoms with Gasteiger partial charge in [-0.05, 0) is 11.4 Å². The number of hydrogen-bond acceptors (Lipinski definition) is 8. The molecular formula is C15H14N6O2S. The first-order chi connectivity index (χ1) is 11.7. The average molecular weight is 342 g/mol. The van der Waals surface area contributed by atoms with Gasteiger partial charge < -0.3 is 14.9 Å². The third-order valence-electron chi connectivity index (χ3n) is 4.00. The molecule has 0 atom stereocenters. The van der Waals surface area contributed by atoms with Gasteiger partial charge in [0, 0.05) is 26.2 Å². The summed E-state index contributed by atoms with van der Waals surface area (Å²) in [4.78, 5) is 33.0. The van der Waals surface area contributed by atoms with Gasteiger partial charge in [0.25, 0.3) is 0 Å². The topological polar surface area (TPSA) is 95.3 Å². The SMILES string of the molecule is O=C(O)c1cnc(N2CCN(c3ncnc4sccc34)CC2)cn1. The number of rotatable bonds is 3. The number of carboxylic acids is 1. The third-order valence-corrected chi connectivity index (χ3v) is 4.82. The van der Waals surface area contributed by atoms with E-state index in [0.717, 1.165) is 42.2 Å². The molecule has 0 unspecified atom stereocenters. The molecule has 0 radical (unpaired) electrons. The van der Waals surface area contributed by atoms with Gasteiger partial charge in [0.1, 0.15) is 22.8 Å². The van der Waals surface area contributed by atoms with Gasteiger partial charge in [0.2, 0.25) is 0 Å². The summed E-state index contributed by atoms with van der Waals surface area (Å²) in [6, 6.07) is 2.05. The van der Waals surface area contributed by atoms with Crippen molar-refractivity contribution >= 4 is 39.2 Å². The Labute approximate surface area is 141 Å². The van der Waals surface area contributed by atoms with Crippen molar-refractivity contribution < 1.29 is 9.90 Å². The molecule has 122 valence electrons. The average Bonchev–Trinajstić information content (AvgIpc) is 3.11. The minimum Gasteiger partial charge on any atom is -0.476 e. The Hall–Kier alpha value is -2.81. The van der Waals surface area contributed by atoms with Gasteiger partial charge in [-0.1, -0.05) is 0 Å². The Kier molecular flexibility index (Phi) is 3.69. The van der Waals surface area contributed by atoms with E-state index in [9.17, 15) is 4.79 Å². The monoisotopic (exact) mass is 342 g/mol. The fourth-order valence-corrected chi connectivity index (χ4v) is 3.50. The van der Waals surface area contributed by atoms with Crippen molar-refractivity contribution in [3.05, 3.63) is 35.9 Å². The third kappa shape index (κ3) is 2.62. The molecule has 24 heavy (non-hydrogen) atoms.